The van der Waals surface area contributed by atoms with Crippen LogP contribution in [0.1, 0.15) is 6.92 Å². The van der Waals surface area contributed by atoms with E-state index >= 15 is 0 Å². The van der Waals surface area contributed by atoms with Crippen LogP contribution in [0.4, 0.5) is 11.6 Å². The quantitative estimate of drug-likeness (QED) is 0.927. The Morgan fingerprint density at radius 3 is 2.67 bits per heavy atom. The third kappa shape index (κ3) is 2.53. The lowest BCUT2D eigenvalue weighted by Crippen LogP contribution is -1.95. The third-order valence-corrected chi connectivity index (χ3v) is 2.24. The molecule has 0 atom stereocenters. The molecule has 0 saturated heterocycles. The van der Waals surface area contributed by atoms with Gasteiger partial charge in [0.25, 0.3) is 0 Å². The van der Waals surface area contributed by atoms with Crippen molar-refractivity contribution < 1.29 is 0 Å². The molecular formula is C9H10BrN5. The fraction of sp³-hybridized carbons (Fsp3) is 0.222. The number of aromatic nitrogens is 4. The molecule has 1 N–H and O–H groups in total. The van der Waals surface area contributed by atoms with Gasteiger partial charge in [0.15, 0.2) is 0 Å². The molecule has 2 heterocycles. The second kappa shape index (κ2) is 4.39. The molecule has 0 saturated carbocycles. The average Bonchev–Trinajstić information content (AvgIpc) is 2.69. The molecule has 6 heteroatoms. The number of rotatable bonds is 3. The molecule has 2 rings (SSSR count). The summed E-state index contributed by atoms with van der Waals surface area (Å²) >= 11 is 3.28. The molecule has 0 bridgehead atoms. The first-order valence-electron chi connectivity index (χ1n) is 4.55. The van der Waals surface area contributed by atoms with Gasteiger partial charge in [-0.15, -0.1) is 0 Å². The Hall–Kier alpha value is -1.43. The normalized spacial score (nSPS) is 10.3. The van der Waals surface area contributed by atoms with E-state index in [0.717, 1.165) is 16.7 Å². The average molecular weight is 268 g/mol. The first-order chi connectivity index (χ1) is 7.28. The van der Waals surface area contributed by atoms with Gasteiger partial charge in [0.2, 0.25) is 5.95 Å². The van der Waals surface area contributed by atoms with Crippen LogP contribution in [0.25, 0.3) is 0 Å². The van der Waals surface area contributed by atoms with Crippen LogP contribution in [0, 0.1) is 0 Å². The summed E-state index contributed by atoms with van der Waals surface area (Å²) in [5, 5.41) is 7.20. The molecule has 0 aromatic carbocycles. The van der Waals surface area contributed by atoms with E-state index in [9.17, 15) is 0 Å². The molecule has 0 aliphatic heterocycles. The minimum atomic E-state index is 0.564. The summed E-state index contributed by atoms with van der Waals surface area (Å²) in [5.41, 5.74) is 0.888. The summed E-state index contributed by atoms with van der Waals surface area (Å²) < 4.78 is 2.69. The second-order valence-electron chi connectivity index (χ2n) is 2.93. The van der Waals surface area contributed by atoms with E-state index in [1.807, 2.05) is 17.8 Å². The fourth-order valence-corrected chi connectivity index (χ4v) is 1.31. The summed E-state index contributed by atoms with van der Waals surface area (Å²) in [7, 11) is 0. The molecule has 0 fully saturated rings. The largest absolute Gasteiger partial charge is 0.321 e. The maximum Gasteiger partial charge on any atom is 0.227 e. The molecule has 0 aliphatic carbocycles. The van der Waals surface area contributed by atoms with E-state index < -0.39 is 0 Å². The Labute approximate surface area is 95.7 Å². The molecule has 0 amide bonds. The van der Waals surface area contributed by atoms with Crippen LogP contribution in [0.2, 0.25) is 0 Å². The van der Waals surface area contributed by atoms with Crippen LogP contribution in [0.5, 0.6) is 0 Å². The zero-order chi connectivity index (χ0) is 10.7. The van der Waals surface area contributed by atoms with E-state index in [0.29, 0.717) is 5.95 Å². The predicted octanol–water partition coefficient (Wildman–Crippen LogP) is 2.20. The standard InChI is InChI=1S/C9H10BrN5/c1-2-15-6-8(5-13-15)14-9-11-3-7(10)4-12-9/h3-6H,2H2,1H3,(H,11,12,14). The van der Waals surface area contributed by atoms with Crippen LogP contribution in [0.15, 0.2) is 29.3 Å². The Morgan fingerprint density at radius 1 is 1.33 bits per heavy atom. The number of nitrogens with zero attached hydrogens (tertiary/aromatic N) is 4. The Kier molecular flexibility index (Phi) is 2.96. The number of hydrogen-bond donors (Lipinski definition) is 1. The summed E-state index contributed by atoms with van der Waals surface area (Å²) in [5.74, 6) is 0.564. The molecule has 2 aromatic heterocycles. The molecule has 0 aliphatic rings. The minimum Gasteiger partial charge on any atom is -0.321 e. The van der Waals surface area contributed by atoms with Crippen molar-refractivity contribution in [3.05, 3.63) is 29.3 Å². The molecule has 2 aromatic rings. The Bertz CT molecular complexity index is 436. The highest BCUT2D eigenvalue weighted by Crippen LogP contribution is 2.12. The van der Waals surface area contributed by atoms with Crippen LogP contribution in [0.3, 0.4) is 0 Å². The predicted molar refractivity (Wildman–Crippen MR) is 60.9 cm³/mol. The first-order valence-corrected chi connectivity index (χ1v) is 5.34. The lowest BCUT2D eigenvalue weighted by molar-refractivity contribution is 0.660. The highest BCUT2D eigenvalue weighted by molar-refractivity contribution is 9.10. The monoisotopic (exact) mass is 267 g/mol. The van der Waals surface area contributed by atoms with Gasteiger partial charge in [-0.3, -0.25) is 4.68 Å². The van der Waals surface area contributed by atoms with Crippen molar-refractivity contribution >= 4 is 27.6 Å². The maximum absolute atomic E-state index is 4.14. The van der Waals surface area contributed by atoms with Crippen LogP contribution >= 0.6 is 15.9 Å². The molecule has 78 valence electrons. The molecule has 0 radical (unpaired) electrons. The van der Waals surface area contributed by atoms with Crippen molar-refractivity contribution in [2.24, 2.45) is 0 Å². The SMILES string of the molecule is CCn1cc(Nc2ncc(Br)cn2)cn1. The van der Waals surface area contributed by atoms with Gasteiger partial charge >= 0.3 is 0 Å². The van der Waals surface area contributed by atoms with Gasteiger partial charge < -0.3 is 5.32 Å². The zero-order valence-electron chi connectivity index (χ0n) is 8.18. The smallest absolute Gasteiger partial charge is 0.227 e. The van der Waals surface area contributed by atoms with Crippen molar-refractivity contribution in [3.8, 4) is 0 Å². The van der Waals surface area contributed by atoms with Crippen molar-refractivity contribution in [3.63, 3.8) is 0 Å². The number of anilines is 2. The van der Waals surface area contributed by atoms with Gasteiger partial charge in [-0.25, -0.2) is 9.97 Å². The second-order valence-corrected chi connectivity index (χ2v) is 3.85. The highest BCUT2D eigenvalue weighted by Gasteiger charge is 1.99. The van der Waals surface area contributed by atoms with Crippen molar-refractivity contribution in [1.82, 2.24) is 19.7 Å². The molecular weight excluding hydrogens is 258 g/mol. The van der Waals surface area contributed by atoms with Crippen molar-refractivity contribution in [1.29, 1.82) is 0 Å². The van der Waals surface area contributed by atoms with Gasteiger partial charge in [-0.1, -0.05) is 0 Å². The number of nitrogens with one attached hydrogen (secondary N) is 1. The van der Waals surface area contributed by atoms with Gasteiger partial charge in [0.1, 0.15) is 0 Å². The van der Waals surface area contributed by atoms with Crippen LogP contribution in [-0.2, 0) is 6.54 Å². The van der Waals surface area contributed by atoms with E-state index in [1.165, 1.54) is 0 Å². The number of hydrogen-bond acceptors (Lipinski definition) is 4. The van der Waals surface area contributed by atoms with Gasteiger partial charge in [-0.2, -0.15) is 5.10 Å². The lowest BCUT2D eigenvalue weighted by atomic mass is 10.5. The van der Waals surface area contributed by atoms with E-state index in [4.69, 9.17) is 0 Å². The van der Waals surface area contributed by atoms with E-state index in [-0.39, 0.29) is 0 Å². The maximum atomic E-state index is 4.14. The van der Waals surface area contributed by atoms with Gasteiger partial charge in [-0.05, 0) is 22.9 Å². The van der Waals surface area contributed by atoms with E-state index in [1.54, 1.807) is 18.6 Å². The van der Waals surface area contributed by atoms with Crippen LogP contribution < -0.4 is 5.32 Å². The Morgan fingerprint density at radius 2 is 2.07 bits per heavy atom. The fourth-order valence-electron chi connectivity index (χ4n) is 1.11. The van der Waals surface area contributed by atoms with Crippen molar-refractivity contribution in [2.45, 2.75) is 13.5 Å². The summed E-state index contributed by atoms with van der Waals surface area (Å²) in [6.45, 7) is 2.88. The zero-order valence-corrected chi connectivity index (χ0v) is 9.77. The van der Waals surface area contributed by atoms with Gasteiger partial charge in [0.05, 0.1) is 16.4 Å². The van der Waals surface area contributed by atoms with Gasteiger partial charge in [0, 0.05) is 25.1 Å². The van der Waals surface area contributed by atoms with Crippen LogP contribution in [-0.4, -0.2) is 19.7 Å². The molecule has 15 heavy (non-hydrogen) atoms. The Balaban J connectivity index is 2.11. The summed E-state index contributed by atoms with van der Waals surface area (Å²) in [6.07, 6.45) is 7.04. The number of aryl methyl sites for hydroxylation is 1. The number of halogens is 1. The minimum absolute atomic E-state index is 0.564. The topological polar surface area (TPSA) is 55.6 Å². The van der Waals surface area contributed by atoms with E-state index in [2.05, 4.69) is 36.3 Å². The highest BCUT2D eigenvalue weighted by atomic mass is 79.9. The molecule has 5 nitrogen and oxygen atoms in total. The summed E-state index contributed by atoms with van der Waals surface area (Å²) in [6, 6.07) is 0. The third-order valence-electron chi connectivity index (χ3n) is 1.83. The molecule has 0 spiro atoms. The lowest BCUT2D eigenvalue weighted by Gasteiger charge is -1.99. The van der Waals surface area contributed by atoms with Crippen molar-refractivity contribution in [2.75, 3.05) is 5.32 Å². The first kappa shape index (κ1) is 10.1. The summed E-state index contributed by atoms with van der Waals surface area (Å²) in [4.78, 5) is 8.21. The molecule has 0 unspecified atom stereocenters.